The average molecular weight is 156 g/mol. The van der Waals surface area contributed by atoms with Gasteiger partial charge in [-0.3, -0.25) is 0 Å². The molecule has 0 saturated carbocycles. The molecule has 0 amide bonds. The summed E-state index contributed by atoms with van der Waals surface area (Å²) in [5.74, 6) is 0. The SMILES string of the molecule is C=C(C)CCCCCC.CC. The molecule has 0 heterocycles. The first-order valence-electron chi connectivity index (χ1n) is 4.91. The molecule has 68 valence electrons. The third kappa shape index (κ3) is 17.7. The molecule has 11 heavy (non-hydrogen) atoms. The minimum absolute atomic E-state index is 1.22. The second-order valence-electron chi connectivity index (χ2n) is 2.77. The molecule has 0 unspecified atom stereocenters. The van der Waals surface area contributed by atoms with Crippen LogP contribution in [0, 0.1) is 0 Å². The zero-order valence-corrected chi connectivity index (χ0v) is 8.74. The minimum Gasteiger partial charge on any atom is -0.100 e. The van der Waals surface area contributed by atoms with Gasteiger partial charge in [0, 0.05) is 0 Å². The van der Waals surface area contributed by atoms with Crippen LogP contribution in [0.4, 0.5) is 0 Å². The van der Waals surface area contributed by atoms with E-state index in [4.69, 9.17) is 0 Å². The van der Waals surface area contributed by atoms with Crippen LogP contribution in [0.15, 0.2) is 12.2 Å². The number of allylic oxidation sites excluding steroid dienone is 1. The van der Waals surface area contributed by atoms with Crippen molar-refractivity contribution in [2.24, 2.45) is 0 Å². The molecule has 0 aromatic rings. The Labute approximate surface area is 72.7 Å². The average Bonchev–Trinajstić information content (AvgIpc) is 2.02. The van der Waals surface area contributed by atoms with Crippen molar-refractivity contribution in [1.29, 1.82) is 0 Å². The third-order valence-corrected chi connectivity index (χ3v) is 1.46. The van der Waals surface area contributed by atoms with E-state index in [0.29, 0.717) is 0 Å². The van der Waals surface area contributed by atoms with Crippen LogP contribution in [0.1, 0.15) is 59.8 Å². The van der Waals surface area contributed by atoms with Crippen LogP contribution in [0.5, 0.6) is 0 Å². The van der Waals surface area contributed by atoms with Crippen molar-refractivity contribution >= 4 is 0 Å². The van der Waals surface area contributed by atoms with E-state index in [1.165, 1.54) is 37.7 Å². The molecule has 0 aliphatic heterocycles. The Morgan fingerprint density at radius 1 is 1.09 bits per heavy atom. The molecule has 0 heteroatoms. The number of rotatable bonds is 5. The lowest BCUT2D eigenvalue weighted by molar-refractivity contribution is 0.665. The fourth-order valence-electron chi connectivity index (χ4n) is 0.854. The number of hydrogen-bond donors (Lipinski definition) is 0. The van der Waals surface area contributed by atoms with Crippen LogP contribution in [-0.2, 0) is 0 Å². The first-order valence-corrected chi connectivity index (χ1v) is 4.91. The van der Waals surface area contributed by atoms with Gasteiger partial charge in [-0.25, -0.2) is 0 Å². The van der Waals surface area contributed by atoms with E-state index in [9.17, 15) is 0 Å². The van der Waals surface area contributed by atoms with E-state index in [-0.39, 0.29) is 0 Å². The van der Waals surface area contributed by atoms with Crippen LogP contribution < -0.4 is 0 Å². The van der Waals surface area contributed by atoms with E-state index in [0.717, 1.165) is 0 Å². The minimum atomic E-state index is 1.22. The van der Waals surface area contributed by atoms with E-state index < -0.39 is 0 Å². The Bertz CT molecular complexity index is 72.1. The van der Waals surface area contributed by atoms with Gasteiger partial charge in [-0.1, -0.05) is 45.6 Å². The highest BCUT2D eigenvalue weighted by Crippen LogP contribution is 2.06. The smallest absolute Gasteiger partial charge is 0.0326 e. The highest BCUT2D eigenvalue weighted by atomic mass is 13.9. The maximum atomic E-state index is 3.85. The highest BCUT2D eigenvalue weighted by Gasteiger charge is 1.86. The van der Waals surface area contributed by atoms with Crippen LogP contribution >= 0.6 is 0 Å². The third-order valence-electron chi connectivity index (χ3n) is 1.46. The highest BCUT2D eigenvalue weighted by molar-refractivity contribution is 4.86. The summed E-state index contributed by atoms with van der Waals surface area (Å²) >= 11 is 0. The van der Waals surface area contributed by atoms with Crippen molar-refractivity contribution in [3.63, 3.8) is 0 Å². The molecule has 0 atom stereocenters. The summed E-state index contributed by atoms with van der Waals surface area (Å²) in [7, 11) is 0. The maximum absolute atomic E-state index is 3.85. The Morgan fingerprint density at radius 2 is 1.64 bits per heavy atom. The van der Waals surface area contributed by atoms with Crippen molar-refractivity contribution in [1.82, 2.24) is 0 Å². The van der Waals surface area contributed by atoms with Gasteiger partial charge >= 0.3 is 0 Å². The summed E-state index contributed by atoms with van der Waals surface area (Å²) in [6.45, 7) is 12.2. The van der Waals surface area contributed by atoms with Gasteiger partial charge in [0.2, 0.25) is 0 Å². The molecule has 0 rings (SSSR count). The van der Waals surface area contributed by atoms with E-state index >= 15 is 0 Å². The van der Waals surface area contributed by atoms with Crippen molar-refractivity contribution in [3.05, 3.63) is 12.2 Å². The fraction of sp³-hybridized carbons (Fsp3) is 0.818. The van der Waals surface area contributed by atoms with Gasteiger partial charge in [-0.2, -0.15) is 0 Å². The van der Waals surface area contributed by atoms with Gasteiger partial charge in [-0.15, -0.1) is 6.58 Å². The molecule has 0 saturated heterocycles. The lowest BCUT2D eigenvalue weighted by Crippen LogP contribution is -1.76. The lowest BCUT2D eigenvalue weighted by atomic mass is 10.1. The van der Waals surface area contributed by atoms with Gasteiger partial charge in [0.05, 0.1) is 0 Å². The quantitative estimate of drug-likeness (QED) is 0.404. The predicted octanol–water partition coefficient (Wildman–Crippen LogP) is 4.56. The molecule has 0 radical (unpaired) electrons. The largest absolute Gasteiger partial charge is 0.100 e. The molecule has 0 nitrogen and oxygen atoms in total. The summed E-state index contributed by atoms with van der Waals surface area (Å²) in [4.78, 5) is 0. The van der Waals surface area contributed by atoms with Crippen LogP contribution in [0.3, 0.4) is 0 Å². The summed E-state index contributed by atoms with van der Waals surface area (Å²) in [6.07, 6.45) is 6.65. The Morgan fingerprint density at radius 3 is 2.00 bits per heavy atom. The zero-order chi connectivity index (χ0) is 9.11. The molecular formula is C11H24. The predicted molar refractivity (Wildman–Crippen MR) is 54.9 cm³/mol. The normalized spacial score (nSPS) is 8.36. The number of unbranched alkanes of at least 4 members (excludes halogenated alkanes) is 3. The lowest BCUT2D eigenvalue weighted by Gasteiger charge is -1.96. The Hall–Kier alpha value is -0.260. The number of hydrogen-bond acceptors (Lipinski definition) is 0. The second-order valence-corrected chi connectivity index (χ2v) is 2.77. The summed E-state index contributed by atoms with van der Waals surface area (Å²) < 4.78 is 0. The second kappa shape index (κ2) is 12.4. The van der Waals surface area contributed by atoms with E-state index in [2.05, 4.69) is 20.4 Å². The molecule has 0 aromatic heterocycles. The van der Waals surface area contributed by atoms with Crippen LogP contribution in [0.2, 0.25) is 0 Å². The monoisotopic (exact) mass is 156 g/mol. The maximum Gasteiger partial charge on any atom is -0.0326 e. The zero-order valence-electron chi connectivity index (χ0n) is 8.74. The van der Waals surface area contributed by atoms with Gasteiger partial charge in [0.15, 0.2) is 0 Å². The molecule has 0 N–H and O–H groups in total. The molecule has 0 spiro atoms. The standard InChI is InChI=1S/C9H18.C2H6/c1-4-5-6-7-8-9(2)3;1-2/h2,4-8H2,1,3H3;1-2H3. The summed E-state index contributed by atoms with van der Waals surface area (Å²) in [6, 6.07) is 0. The van der Waals surface area contributed by atoms with Gasteiger partial charge in [0.25, 0.3) is 0 Å². The molecule has 0 aliphatic carbocycles. The van der Waals surface area contributed by atoms with Crippen LogP contribution in [0.25, 0.3) is 0 Å². The molecular weight excluding hydrogens is 132 g/mol. The molecule has 0 aromatic carbocycles. The first kappa shape index (κ1) is 13.3. The van der Waals surface area contributed by atoms with Crippen molar-refractivity contribution in [2.45, 2.75) is 59.8 Å². The first-order chi connectivity index (χ1) is 5.27. The topological polar surface area (TPSA) is 0 Å². The van der Waals surface area contributed by atoms with E-state index in [1.54, 1.807) is 0 Å². The molecule has 0 fully saturated rings. The Kier molecular flexibility index (Phi) is 15.1. The van der Waals surface area contributed by atoms with Crippen molar-refractivity contribution in [2.75, 3.05) is 0 Å². The van der Waals surface area contributed by atoms with Gasteiger partial charge in [0.1, 0.15) is 0 Å². The van der Waals surface area contributed by atoms with E-state index in [1.807, 2.05) is 13.8 Å². The summed E-state index contributed by atoms with van der Waals surface area (Å²) in [5, 5.41) is 0. The summed E-state index contributed by atoms with van der Waals surface area (Å²) in [5.41, 5.74) is 1.33. The van der Waals surface area contributed by atoms with Crippen LogP contribution in [-0.4, -0.2) is 0 Å². The van der Waals surface area contributed by atoms with Crippen molar-refractivity contribution in [3.8, 4) is 0 Å². The fourth-order valence-corrected chi connectivity index (χ4v) is 0.854. The van der Waals surface area contributed by atoms with Crippen molar-refractivity contribution < 1.29 is 0 Å². The van der Waals surface area contributed by atoms with Gasteiger partial charge < -0.3 is 0 Å². The Balaban J connectivity index is 0. The molecule has 0 aliphatic rings. The van der Waals surface area contributed by atoms with Gasteiger partial charge in [-0.05, 0) is 19.8 Å². The molecule has 0 bridgehead atoms.